The Labute approximate surface area is 68.6 Å². The van der Waals surface area contributed by atoms with Crippen LogP contribution in [-0.4, -0.2) is 17.0 Å². The van der Waals surface area contributed by atoms with Gasteiger partial charge in [0.15, 0.2) is 0 Å². The van der Waals surface area contributed by atoms with Crippen LogP contribution in [0.15, 0.2) is 0 Å². The third-order valence-corrected chi connectivity index (χ3v) is 1.88. The fourth-order valence-corrected chi connectivity index (χ4v) is 0.902. The summed E-state index contributed by atoms with van der Waals surface area (Å²) in [6, 6.07) is 0. The first-order chi connectivity index (χ1) is 4.76. The molecule has 0 saturated heterocycles. The van der Waals surface area contributed by atoms with Crippen LogP contribution < -0.4 is 0 Å². The first-order valence-electron chi connectivity index (χ1n) is 3.99. The molecule has 0 heterocycles. The molecule has 0 aromatic heterocycles. The average Bonchev–Trinajstić information content (AvgIpc) is 1.82. The highest BCUT2D eigenvalue weighted by atomic mass is 16.3. The van der Waals surface area contributed by atoms with Gasteiger partial charge in [0.05, 0.1) is 6.10 Å². The van der Waals surface area contributed by atoms with E-state index in [2.05, 4.69) is 0 Å². The van der Waals surface area contributed by atoms with Crippen molar-refractivity contribution in [1.82, 2.24) is 0 Å². The van der Waals surface area contributed by atoms with Crippen LogP contribution in [0, 0.1) is 11.3 Å². The van der Waals surface area contributed by atoms with E-state index in [0.29, 0.717) is 0 Å². The molecule has 0 saturated carbocycles. The molecule has 11 heavy (non-hydrogen) atoms. The molecular formula is C9H18O2. The van der Waals surface area contributed by atoms with Crippen molar-refractivity contribution in [2.75, 3.05) is 0 Å². The molecule has 0 aromatic rings. The molecule has 0 bridgehead atoms. The lowest BCUT2D eigenvalue weighted by molar-refractivity contribution is -0.132. The lowest BCUT2D eigenvalue weighted by atomic mass is 9.82. The summed E-state index contributed by atoms with van der Waals surface area (Å²) < 4.78 is 0. The van der Waals surface area contributed by atoms with Crippen LogP contribution >= 0.6 is 0 Å². The minimum atomic E-state index is -0.540. The molecular weight excluding hydrogens is 140 g/mol. The Morgan fingerprint density at radius 3 is 1.73 bits per heavy atom. The minimum absolute atomic E-state index is 0.118. The third kappa shape index (κ3) is 3.02. The summed E-state index contributed by atoms with van der Waals surface area (Å²) in [4.78, 5) is 11.4. The number of rotatable bonds is 2. The smallest absolute Gasteiger partial charge is 0.143 e. The second-order valence-electron chi connectivity index (χ2n) is 4.14. The van der Waals surface area contributed by atoms with E-state index < -0.39 is 6.10 Å². The summed E-state index contributed by atoms with van der Waals surface area (Å²) >= 11 is 0. The molecule has 66 valence electrons. The number of hydrogen-bond donors (Lipinski definition) is 1. The van der Waals surface area contributed by atoms with E-state index in [1.54, 1.807) is 13.8 Å². The summed E-state index contributed by atoms with van der Waals surface area (Å²) in [6.45, 7) is 9.02. The van der Waals surface area contributed by atoms with E-state index >= 15 is 0 Å². The van der Waals surface area contributed by atoms with Gasteiger partial charge < -0.3 is 5.11 Å². The maximum absolute atomic E-state index is 11.4. The topological polar surface area (TPSA) is 37.3 Å². The molecule has 2 unspecified atom stereocenters. The normalized spacial score (nSPS) is 17.6. The first-order valence-corrected chi connectivity index (χ1v) is 3.99. The lowest BCUT2D eigenvalue weighted by Crippen LogP contribution is -2.32. The predicted octanol–water partition coefficient (Wildman–Crippen LogP) is 1.62. The second-order valence-corrected chi connectivity index (χ2v) is 4.14. The van der Waals surface area contributed by atoms with E-state index in [9.17, 15) is 4.79 Å². The van der Waals surface area contributed by atoms with Crippen molar-refractivity contribution in [1.29, 1.82) is 0 Å². The molecule has 1 N–H and O–H groups in total. The average molecular weight is 158 g/mol. The monoisotopic (exact) mass is 158 g/mol. The van der Waals surface area contributed by atoms with Crippen LogP contribution in [0.25, 0.3) is 0 Å². The SMILES string of the molecule is CC(O)C(C)C(=O)C(C)(C)C. The van der Waals surface area contributed by atoms with Crippen molar-refractivity contribution < 1.29 is 9.90 Å². The van der Waals surface area contributed by atoms with Gasteiger partial charge in [0.1, 0.15) is 5.78 Å². The zero-order chi connectivity index (χ0) is 9.23. The molecule has 2 nitrogen and oxygen atoms in total. The van der Waals surface area contributed by atoms with Gasteiger partial charge in [-0.3, -0.25) is 4.79 Å². The number of carbonyl (C=O) groups excluding carboxylic acids is 1. The van der Waals surface area contributed by atoms with Crippen LogP contribution in [0.2, 0.25) is 0 Å². The van der Waals surface area contributed by atoms with Crippen molar-refractivity contribution in [3.05, 3.63) is 0 Å². The highest BCUT2D eigenvalue weighted by Crippen LogP contribution is 2.21. The summed E-state index contributed by atoms with van der Waals surface area (Å²) in [5.74, 6) is -0.137. The van der Waals surface area contributed by atoms with Gasteiger partial charge in [0.2, 0.25) is 0 Å². The number of Topliss-reactive ketones (excluding diaryl/α,β-unsaturated/α-hetero) is 1. The van der Waals surface area contributed by atoms with Crippen LogP contribution in [0.1, 0.15) is 34.6 Å². The summed E-state index contributed by atoms with van der Waals surface area (Å²) in [6.07, 6.45) is -0.540. The van der Waals surface area contributed by atoms with Crippen molar-refractivity contribution >= 4 is 5.78 Å². The molecule has 0 amide bonds. The molecule has 2 heteroatoms. The van der Waals surface area contributed by atoms with Gasteiger partial charge in [-0.15, -0.1) is 0 Å². The molecule has 0 aliphatic heterocycles. The molecule has 0 aliphatic carbocycles. The van der Waals surface area contributed by atoms with Gasteiger partial charge in [0, 0.05) is 11.3 Å². The fraction of sp³-hybridized carbons (Fsp3) is 0.889. The highest BCUT2D eigenvalue weighted by Gasteiger charge is 2.28. The first kappa shape index (κ1) is 10.6. The Hall–Kier alpha value is -0.370. The quantitative estimate of drug-likeness (QED) is 0.663. The molecule has 2 atom stereocenters. The standard InChI is InChI=1S/C9H18O2/c1-6(7(2)10)8(11)9(3,4)5/h6-7,10H,1-5H3. The van der Waals surface area contributed by atoms with Gasteiger partial charge in [-0.25, -0.2) is 0 Å². The van der Waals surface area contributed by atoms with Crippen molar-refractivity contribution in [3.63, 3.8) is 0 Å². The van der Waals surface area contributed by atoms with Gasteiger partial charge in [-0.1, -0.05) is 27.7 Å². The zero-order valence-electron chi connectivity index (χ0n) is 8.01. The highest BCUT2D eigenvalue weighted by molar-refractivity contribution is 5.86. The van der Waals surface area contributed by atoms with Crippen LogP contribution in [0.4, 0.5) is 0 Å². The van der Waals surface area contributed by atoms with E-state index in [1.165, 1.54) is 0 Å². The van der Waals surface area contributed by atoms with Crippen LogP contribution in [0.5, 0.6) is 0 Å². The molecule has 0 rings (SSSR count). The molecule has 0 radical (unpaired) electrons. The summed E-state index contributed by atoms with van der Waals surface area (Å²) in [7, 11) is 0. The fourth-order valence-electron chi connectivity index (χ4n) is 0.902. The third-order valence-electron chi connectivity index (χ3n) is 1.88. The van der Waals surface area contributed by atoms with Crippen LogP contribution in [-0.2, 0) is 4.79 Å². The van der Waals surface area contributed by atoms with E-state index in [0.717, 1.165) is 0 Å². The van der Waals surface area contributed by atoms with Gasteiger partial charge >= 0.3 is 0 Å². The number of hydrogen-bond acceptors (Lipinski definition) is 2. The van der Waals surface area contributed by atoms with E-state index in [1.807, 2.05) is 20.8 Å². The maximum Gasteiger partial charge on any atom is 0.143 e. The Balaban J connectivity index is 4.26. The predicted molar refractivity (Wildman–Crippen MR) is 45.3 cm³/mol. The van der Waals surface area contributed by atoms with Crippen molar-refractivity contribution in [2.24, 2.45) is 11.3 Å². The van der Waals surface area contributed by atoms with E-state index in [-0.39, 0.29) is 17.1 Å². The molecule has 0 aliphatic rings. The number of aliphatic hydroxyl groups is 1. The van der Waals surface area contributed by atoms with Gasteiger partial charge in [-0.05, 0) is 6.92 Å². The number of ketones is 1. The zero-order valence-corrected chi connectivity index (χ0v) is 8.01. The Morgan fingerprint density at radius 1 is 1.27 bits per heavy atom. The number of carbonyl (C=O) groups is 1. The Kier molecular flexibility index (Phi) is 3.24. The number of aliphatic hydroxyl groups excluding tert-OH is 1. The molecule has 0 spiro atoms. The van der Waals surface area contributed by atoms with Crippen molar-refractivity contribution in [3.8, 4) is 0 Å². The molecule has 0 aromatic carbocycles. The van der Waals surface area contributed by atoms with Gasteiger partial charge in [-0.2, -0.15) is 0 Å². The molecule has 0 fully saturated rings. The van der Waals surface area contributed by atoms with Crippen LogP contribution in [0.3, 0.4) is 0 Å². The van der Waals surface area contributed by atoms with Gasteiger partial charge in [0.25, 0.3) is 0 Å². The maximum atomic E-state index is 11.4. The largest absolute Gasteiger partial charge is 0.393 e. The van der Waals surface area contributed by atoms with Crippen molar-refractivity contribution in [2.45, 2.75) is 40.7 Å². The Morgan fingerprint density at radius 2 is 1.64 bits per heavy atom. The second kappa shape index (κ2) is 3.35. The summed E-state index contributed by atoms with van der Waals surface area (Å²) in [5.41, 5.74) is -0.337. The lowest BCUT2D eigenvalue weighted by Gasteiger charge is -2.23. The Bertz CT molecular complexity index is 142. The van der Waals surface area contributed by atoms with E-state index in [4.69, 9.17) is 5.11 Å². The minimum Gasteiger partial charge on any atom is -0.393 e. The summed E-state index contributed by atoms with van der Waals surface area (Å²) in [5, 5.41) is 9.13.